The Kier molecular flexibility index (Phi) is 10.3. The molecule has 3 fully saturated rings. The number of aryl methyl sites for hydroxylation is 1. The molecule has 6 atom stereocenters. The highest BCUT2D eigenvalue weighted by Crippen LogP contribution is 2.32. The highest BCUT2D eigenvalue weighted by Gasteiger charge is 2.36. The van der Waals surface area contributed by atoms with E-state index in [2.05, 4.69) is 59.4 Å². The lowest BCUT2D eigenvalue weighted by Crippen LogP contribution is -2.53. The molecule has 6 aromatic heterocycles. The molecule has 9 rings (SSSR count). The zero-order valence-corrected chi connectivity index (χ0v) is 38.3. The molecule has 366 valence electrons. The predicted molar refractivity (Wildman–Crippen MR) is 268 cm³/mol. The van der Waals surface area contributed by atoms with Gasteiger partial charge in [-0.3, -0.25) is 14.4 Å². The van der Waals surface area contributed by atoms with Gasteiger partial charge in [-0.25, -0.2) is 49.6 Å². The predicted octanol–water partition coefficient (Wildman–Crippen LogP) is 4.96. The van der Waals surface area contributed by atoms with Gasteiger partial charge in [-0.15, -0.1) is 0 Å². The second-order valence-corrected chi connectivity index (χ2v) is 16.7. The number of carbonyl (C=O) groups excluding carboxylic acids is 3. The summed E-state index contributed by atoms with van der Waals surface area (Å²) in [5.41, 5.74) is 1.92. The lowest BCUT2D eigenvalue weighted by molar-refractivity contribution is -0.131. The number of aromatic amines is 3. The number of H-pyrrole nitrogens is 3. The van der Waals surface area contributed by atoms with E-state index < -0.39 is 95.3 Å². The van der Waals surface area contributed by atoms with Crippen LogP contribution in [0, 0.1) is 44.4 Å². The average molecular weight is 968 g/mol. The molecule has 0 aliphatic carbocycles. The number of hydrogen-bond donors (Lipinski definition) is 3. The van der Waals surface area contributed by atoms with Gasteiger partial charge in [-0.05, 0) is 62.1 Å². The first kappa shape index (κ1) is 32.0. The third-order valence-electron chi connectivity index (χ3n) is 12.3. The monoisotopic (exact) mass is 968 g/mol. The number of amides is 3. The molecule has 6 aromatic rings. The average Bonchev–Trinajstić information content (AvgIpc) is 1.36. The molecule has 21 nitrogen and oxygen atoms in total. The molecule has 70 heavy (non-hydrogen) atoms. The van der Waals surface area contributed by atoms with Crippen molar-refractivity contribution in [2.45, 2.75) is 64.8 Å². The summed E-state index contributed by atoms with van der Waals surface area (Å²) >= 11 is 0. The molecule has 3 saturated heterocycles. The van der Waals surface area contributed by atoms with Crippen LogP contribution in [0.25, 0.3) is 47.6 Å². The van der Waals surface area contributed by atoms with Crippen LogP contribution < -0.4 is 14.7 Å². The Morgan fingerprint density at radius 2 is 1.10 bits per heavy atom. The molecule has 0 radical (unpaired) electrons. The standard InChI is InChI=1S/C17H22N6O.2C16H20N6O/c1-11-5-6-23(15(24)8-18-3)9-14(11)22(4)17-13-7-12(2)21-16(13)19-10-20-17;2*1-11-5-7-22(14(23)8-17-2)9-13(11)21(3)16-12-4-6-18-15(12)19-10-20-16/h7,10-11,14H,5-6,8-9H2,1-2,4H3,(H,19,20,21);2*4,6,10-11,13H,5,7-9H2,1,3H3,(H,18,19,20)/t11-,14+;2*11-,13+/m111/s1/i1D3,7D;1D3,3D3,13D;1D3,3D3. The Balaban J connectivity index is 0.000000187. The Morgan fingerprint density at radius 1 is 0.657 bits per heavy atom. The summed E-state index contributed by atoms with van der Waals surface area (Å²) in [7, 11) is 1.73. The summed E-state index contributed by atoms with van der Waals surface area (Å²) in [6.45, 7) is 8.57. The van der Waals surface area contributed by atoms with Crippen LogP contribution in [0.4, 0.5) is 17.5 Å². The molecule has 3 aliphatic rings. The van der Waals surface area contributed by atoms with Crippen molar-refractivity contribution in [3.8, 4) is 0 Å². The Morgan fingerprint density at radius 3 is 1.59 bits per heavy atom. The molecule has 21 heteroatoms. The smallest absolute Gasteiger partial charge is 0.302 e. The van der Waals surface area contributed by atoms with Gasteiger partial charge < -0.3 is 58.9 Å². The van der Waals surface area contributed by atoms with Crippen LogP contribution in [0.2, 0.25) is 0 Å². The Hall–Kier alpha value is -7.86. The van der Waals surface area contributed by atoms with Crippen molar-refractivity contribution >= 4 is 68.3 Å². The second kappa shape index (κ2) is 22.5. The first-order valence-corrected chi connectivity index (χ1v) is 22.1. The number of nitrogens with zero attached hydrogens (tertiary/aromatic N) is 15. The molecular weight excluding hydrogens is 889 g/mol. The van der Waals surface area contributed by atoms with E-state index in [1.165, 1.54) is 28.7 Å². The van der Waals surface area contributed by atoms with Crippen LogP contribution in [-0.4, -0.2) is 175 Å². The second-order valence-electron chi connectivity index (χ2n) is 16.7. The van der Waals surface area contributed by atoms with E-state index in [1.807, 2.05) is 0 Å². The minimum absolute atomic E-state index is 0.0240. The van der Waals surface area contributed by atoms with Crippen molar-refractivity contribution in [3.05, 3.63) is 89.5 Å². The number of nitrogens with one attached hydrogen (secondary N) is 3. The maximum atomic E-state index is 12.3. The van der Waals surface area contributed by atoms with Crippen LogP contribution in [0.15, 0.2) is 49.6 Å². The normalized spacial score (nSPS) is 26.6. The number of likely N-dealkylation sites (tertiary alicyclic amines) is 3. The number of carbonyl (C=O) groups is 3. The van der Waals surface area contributed by atoms with Crippen molar-refractivity contribution in [2.24, 2.45) is 17.8 Å². The molecule has 3 amide bonds. The number of likely N-dealkylation sites (N-methyl/N-ethyl adjacent to an activating group) is 3. The fraction of sp³-hybridized carbons (Fsp3) is 0.510. The van der Waals surface area contributed by atoms with Gasteiger partial charge in [0.05, 0.1) is 37.0 Å². The van der Waals surface area contributed by atoms with Crippen LogP contribution in [0.1, 0.15) is 68.8 Å². The number of anilines is 3. The summed E-state index contributed by atoms with van der Waals surface area (Å²) < 4.78 is 138. The van der Waals surface area contributed by atoms with Crippen molar-refractivity contribution in [2.75, 3.05) is 94.6 Å². The van der Waals surface area contributed by atoms with Gasteiger partial charge in [0.2, 0.25) is 0 Å². The summed E-state index contributed by atoms with van der Waals surface area (Å²) in [5, 5.41) is 1.28. The fourth-order valence-corrected chi connectivity index (χ4v) is 8.54. The summed E-state index contributed by atoms with van der Waals surface area (Å²) in [6, 6.07) is -0.375. The van der Waals surface area contributed by atoms with Gasteiger partial charge in [0.25, 0.3) is 19.6 Å². The van der Waals surface area contributed by atoms with Gasteiger partial charge in [-0.2, -0.15) is 0 Å². The quantitative estimate of drug-likeness (QED) is 0.164. The number of aromatic nitrogens is 9. The van der Waals surface area contributed by atoms with E-state index in [1.54, 1.807) is 42.1 Å². The number of hydrogen-bond acceptors (Lipinski definition) is 12. The highest BCUT2D eigenvalue weighted by atomic mass is 16.2. The maximum absolute atomic E-state index is 12.3. The summed E-state index contributed by atoms with van der Waals surface area (Å²) in [5.74, 6) is -3.93. The highest BCUT2D eigenvalue weighted by molar-refractivity contribution is 5.89. The van der Waals surface area contributed by atoms with E-state index in [0.717, 1.165) is 11.2 Å². The minimum Gasteiger partial charge on any atom is -0.354 e. The molecule has 3 N–H and O–H groups in total. The topological polar surface area (TPSA) is 208 Å². The first-order valence-electron chi connectivity index (χ1n) is 30.6. The zero-order chi connectivity index (χ0) is 64.4. The molecule has 3 aliphatic heterocycles. The SMILES string of the molecule is [2H]C([2H])([2H])[C@@H]1CCN(C(=O)C[N+]#[C-])C[C@@H]1N(c1ncnc2[nH]ccc12)C([2H])([2H])[2H].[2H]C([2H])([2H])[C@@H]1CCN(C(=O)C[N+]#[C-])C[C@]1([2H])N(c1ncnc2[nH]ccc12)C([2H])([2H])[2H].[2H]c1c(C)[nH]c2ncnc(N(C)[C@H]3CN(C(=O)C[N+]#[C-])CC[C@H]3C([2H])([2H])[2H])c12. The molecule has 9 heterocycles. The molecule has 0 spiro atoms. The molecule has 0 unspecified atom stereocenters. The largest absolute Gasteiger partial charge is 0.354 e. The summed E-state index contributed by atoms with van der Waals surface area (Å²) in [6.07, 6.45) is 7.13. The first-order chi connectivity index (χ1) is 40.6. The third kappa shape index (κ3) is 11.0. The number of fused-ring (bicyclic) bond motifs is 3. The van der Waals surface area contributed by atoms with Crippen molar-refractivity contribution in [3.63, 3.8) is 0 Å². The zero-order valence-electron chi connectivity index (χ0n) is 55.3. The van der Waals surface area contributed by atoms with Gasteiger partial charge in [-0.1, -0.05) is 20.6 Å². The fourth-order valence-electron chi connectivity index (χ4n) is 8.54. The molecular formula is C49H62N18O3. The summed E-state index contributed by atoms with van der Waals surface area (Å²) in [4.78, 5) is 87.2. The van der Waals surface area contributed by atoms with Gasteiger partial charge in [0.15, 0.2) is 0 Å². The van der Waals surface area contributed by atoms with Gasteiger partial charge in [0.1, 0.15) is 53.4 Å². The van der Waals surface area contributed by atoms with Crippen molar-refractivity contribution in [1.29, 1.82) is 0 Å². The van der Waals surface area contributed by atoms with Crippen LogP contribution in [0.5, 0.6) is 0 Å². The van der Waals surface area contributed by atoms with Crippen LogP contribution >= 0.6 is 0 Å². The molecule has 0 bridgehead atoms. The minimum atomic E-state index is -2.93. The Labute approximate surface area is 432 Å². The van der Waals surface area contributed by atoms with E-state index in [0.29, 0.717) is 62.5 Å². The maximum Gasteiger partial charge on any atom is 0.302 e. The van der Waals surface area contributed by atoms with Crippen molar-refractivity contribution in [1.82, 2.24) is 59.6 Å². The number of piperidine rings is 3. The number of rotatable bonds is 9. The van der Waals surface area contributed by atoms with E-state index >= 15 is 0 Å². The van der Waals surface area contributed by atoms with Gasteiger partial charge in [0, 0.05) is 98.9 Å². The van der Waals surface area contributed by atoms with E-state index in [4.69, 9.17) is 43.0 Å². The third-order valence-corrected chi connectivity index (χ3v) is 12.3. The van der Waals surface area contributed by atoms with Crippen LogP contribution in [-0.2, 0) is 14.4 Å². The molecule has 0 aromatic carbocycles. The van der Waals surface area contributed by atoms with Crippen molar-refractivity contribution < 1.29 is 37.7 Å². The Bertz CT molecular complexity index is 3580. The van der Waals surface area contributed by atoms with Crippen LogP contribution in [0.3, 0.4) is 0 Å². The van der Waals surface area contributed by atoms with E-state index in [-0.39, 0.29) is 75.7 Å². The lowest BCUT2D eigenvalue weighted by atomic mass is 9.92. The van der Waals surface area contributed by atoms with E-state index in [9.17, 15) is 14.4 Å². The lowest BCUT2D eigenvalue weighted by Gasteiger charge is -2.41. The van der Waals surface area contributed by atoms with Gasteiger partial charge >= 0.3 is 17.7 Å². The molecule has 0 saturated carbocycles.